The van der Waals surface area contributed by atoms with E-state index >= 15 is 0 Å². The summed E-state index contributed by atoms with van der Waals surface area (Å²) in [5.41, 5.74) is 0. The fourth-order valence-electron chi connectivity index (χ4n) is 0.292. The van der Waals surface area contributed by atoms with Crippen molar-refractivity contribution in [2.75, 3.05) is 0 Å². The molecule has 0 radical (unpaired) electrons. The molecule has 0 heterocycles. The van der Waals surface area contributed by atoms with Crippen molar-refractivity contribution >= 4 is 24.7 Å². The van der Waals surface area contributed by atoms with Crippen LogP contribution in [-0.2, 0) is 8.91 Å². The van der Waals surface area contributed by atoms with E-state index in [0.717, 1.165) is 0 Å². The molecule has 0 aliphatic rings. The zero-order valence-corrected chi connectivity index (χ0v) is 8.52. The highest BCUT2D eigenvalue weighted by molar-refractivity contribution is 6.73. The molecule has 3 nitrogen and oxygen atoms in total. The molecule has 0 fully saturated rings. The van der Waals surface area contributed by atoms with Gasteiger partial charge in [0, 0.05) is 0 Å². The van der Waals surface area contributed by atoms with Gasteiger partial charge in [0.05, 0.1) is 0 Å². The molecule has 1 amide bonds. The van der Waals surface area contributed by atoms with E-state index < -0.39 is 18.2 Å². The van der Waals surface area contributed by atoms with Gasteiger partial charge in [0.15, 0.2) is 8.32 Å². The van der Waals surface area contributed by atoms with E-state index in [-0.39, 0.29) is 0 Å². The second kappa shape index (κ2) is 3.81. The Hall–Kier alpha value is -0.136. The topological polar surface area (TPSA) is 38.3 Å². The zero-order valence-electron chi connectivity index (χ0n) is 6.10. The van der Waals surface area contributed by atoms with Crippen molar-refractivity contribution in [1.82, 2.24) is 4.98 Å². The summed E-state index contributed by atoms with van der Waals surface area (Å²) in [5.74, 6) is 0. The van der Waals surface area contributed by atoms with Gasteiger partial charge in [-0.15, -0.1) is 0 Å². The van der Waals surface area contributed by atoms with Gasteiger partial charge in [-0.1, -0.05) is 0 Å². The fraction of sp³-hybridized carbons (Fsp3) is 0.750. The molecule has 0 saturated carbocycles. The molecule has 0 aliphatic carbocycles. The molecule has 0 aromatic heterocycles. The predicted molar refractivity (Wildman–Crippen MR) is 42.2 cm³/mol. The van der Waals surface area contributed by atoms with Crippen LogP contribution in [0.1, 0.15) is 0 Å². The van der Waals surface area contributed by atoms with E-state index in [1.54, 1.807) is 0 Å². The smallest absolute Gasteiger partial charge is 0.256 e. The summed E-state index contributed by atoms with van der Waals surface area (Å²) in [5, 5.41) is 0. The molecule has 0 aromatic carbocycles. The van der Waals surface area contributed by atoms with Crippen LogP contribution in [-0.4, -0.2) is 24.7 Å². The molecule has 0 saturated heterocycles. The van der Waals surface area contributed by atoms with Crippen LogP contribution in [0.5, 0.6) is 0 Å². The number of carbonyl (C=O) groups excluding carboxylic acids is 1. The van der Waals surface area contributed by atoms with Crippen LogP contribution in [0.4, 0.5) is 0 Å². The third-order valence-electron chi connectivity index (χ3n) is 0.672. The summed E-state index contributed by atoms with van der Waals surface area (Å²) in [6, 6.07) is 0. The molecule has 9 heavy (non-hydrogen) atoms. The predicted octanol–water partition coefficient (Wildman–Crippen LogP) is -0.417. The lowest BCUT2D eigenvalue weighted by molar-refractivity contribution is -0.108. The first-order chi connectivity index (χ1) is 4.06. The van der Waals surface area contributed by atoms with Crippen molar-refractivity contribution in [1.29, 1.82) is 0 Å². The third-order valence-corrected chi connectivity index (χ3v) is 5.05. The van der Waals surface area contributed by atoms with E-state index in [4.69, 9.17) is 4.12 Å². The molecular formula is C4H13NO2Si2. The van der Waals surface area contributed by atoms with E-state index in [0.29, 0.717) is 6.41 Å². The van der Waals surface area contributed by atoms with E-state index in [1.165, 1.54) is 0 Å². The highest BCUT2D eigenvalue weighted by Crippen LogP contribution is 1.98. The Balaban J connectivity index is 3.17. The van der Waals surface area contributed by atoms with E-state index in [2.05, 4.69) is 24.6 Å². The van der Waals surface area contributed by atoms with Gasteiger partial charge < -0.3 is 9.10 Å². The summed E-state index contributed by atoms with van der Waals surface area (Å²) in [6.07, 6.45) is 0.701. The van der Waals surface area contributed by atoms with Crippen molar-refractivity contribution < 1.29 is 8.91 Å². The second-order valence-electron chi connectivity index (χ2n) is 2.72. The molecule has 1 N–H and O–H groups in total. The fourth-order valence-corrected chi connectivity index (χ4v) is 2.43. The third kappa shape index (κ3) is 7.86. The van der Waals surface area contributed by atoms with Gasteiger partial charge in [-0.05, 0) is 19.6 Å². The van der Waals surface area contributed by atoms with Crippen molar-refractivity contribution in [3.63, 3.8) is 0 Å². The highest BCUT2D eigenvalue weighted by atomic mass is 28.4. The quantitative estimate of drug-likeness (QED) is 0.347. The van der Waals surface area contributed by atoms with E-state index in [9.17, 15) is 4.79 Å². The highest BCUT2D eigenvalue weighted by Gasteiger charge is 2.12. The molecular weight excluding hydrogens is 150 g/mol. The number of amides is 1. The molecule has 54 valence electrons. The molecule has 0 bridgehead atoms. The minimum Gasteiger partial charge on any atom is -0.445 e. The minimum absolute atomic E-state index is 0.701. The number of rotatable bonds is 4. The molecule has 5 heteroatoms. The average molecular weight is 163 g/mol. The number of nitrogens with one attached hydrogen (secondary N) is 1. The maximum Gasteiger partial charge on any atom is 0.256 e. The SMILES string of the molecule is C[Si](C)(C)O[SiH2]NC=O. The van der Waals surface area contributed by atoms with Crippen LogP contribution < -0.4 is 4.98 Å². The molecule has 0 spiro atoms. The van der Waals surface area contributed by atoms with Crippen LogP contribution in [0, 0.1) is 0 Å². The molecule has 0 aliphatic heterocycles. The summed E-state index contributed by atoms with van der Waals surface area (Å²) in [4.78, 5) is 12.3. The van der Waals surface area contributed by atoms with Crippen LogP contribution in [0.3, 0.4) is 0 Å². The maximum absolute atomic E-state index is 9.75. The van der Waals surface area contributed by atoms with Gasteiger partial charge in [0.1, 0.15) is 0 Å². The van der Waals surface area contributed by atoms with E-state index in [1.807, 2.05) is 0 Å². The Morgan fingerprint density at radius 3 is 2.44 bits per heavy atom. The summed E-state index contributed by atoms with van der Waals surface area (Å²) in [7, 11) is -2.10. The largest absolute Gasteiger partial charge is 0.445 e. The zero-order chi connectivity index (χ0) is 7.33. The monoisotopic (exact) mass is 163 g/mol. The molecule has 0 rings (SSSR count). The number of hydrogen-bond acceptors (Lipinski definition) is 2. The minimum atomic E-state index is -1.35. The van der Waals surface area contributed by atoms with Crippen molar-refractivity contribution in [2.24, 2.45) is 0 Å². The van der Waals surface area contributed by atoms with Crippen molar-refractivity contribution in [2.45, 2.75) is 19.6 Å². The first kappa shape index (κ1) is 8.86. The van der Waals surface area contributed by atoms with Gasteiger partial charge in [0.25, 0.3) is 9.92 Å². The Morgan fingerprint density at radius 1 is 1.56 bits per heavy atom. The standard InChI is InChI=1S/C4H13NO2Si2/c1-9(2,3)7-8-5-4-6/h4H,8H2,1-3H3,(H,5,6). The maximum atomic E-state index is 9.75. The number of hydrogen-bond donors (Lipinski definition) is 1. The lowest BCUT2D eigenvalue weighted by atomic mass is 11.5. The lowest BCUT2D eigenvalue weighted by Crippen LogP contribution is -2.33. The van der Waals surface area contributed by atoms with Crippen LogP contribution in [0.2, 0.25) is 19.6 Å². The first-order valence-corrected chi connectivity index (χ1v) is 7.56. The van der Waals surface area contributed by atoms with Gasteiger partial charge in [0.2, 0.25) is 6.41 Å². The van der Waals surface area contributed by atoms with Gasteiger partial charge >= 0.3 is 0 Å². The lowest BCUT2D eigenvalue weighted by Gasteiger charge is -2.15. The van der Waals surface area contributed by atoms with Crippen molar-refractivity contribution in [3.8, 4) is 0 Å². The Bertz CT molecular complexity index is 91.1. The first-order valence-electron chi connectivity index (χ1n) is 2.87. The summed E-state index contributed by atoms with van der Waals surface area (Å²) in [6.45, 7) is 6.31. The molecule has 0 atom stereocenters. The Morgan fingerprint density at radius 2 is 2.11 bits per heavy atom. The molecule has 0 aromatic rings. The Kier molecular flexibility index (Phi) is 3.75. The Labute approximate surface area is 58.9 Å². The van der Waals surface area contributed by atoms with Gasteiger partial charge in [-0.3, -0.25) is 4.79 Å². The molecule has 0 unspecified atom stereocenters. The number of carbonyl (C=O) groups is 1. The van der Waals surface area contributed by atoms with Crippen LogP contribution in [0.15, 0.2) is 0 Å². The van der Waals surface area contributed by atoms with Crippen LogP contribution >= 0.6 is 0 Å². The summed E-state index contributed by atoms with van der Waals surface area (Å²) < 4.78 is 5.41. The van der Waals surface area contributed by atoms with Crippen molar-refractivity contribution in [3.05, 3.63) is 0 Å². The van der Waals surface area contributed by atoms with Crippen LogP contribution in [0.25, 0.3) is 0 Å². The normalized spacial score (nSPS) is 12.3. The summed E-state index contributed by atoms with van der Waals surface area (Å²) >= 11 is 0. The average Bonchev–Trinajstić information content (AvgIpc) is 1.63. The second-order valence-corrected chi connectivity index (χ2v) is 8.80. The van der Waals surface area contributed by atoms with Gasteiger partial charge in [-0.25, -0.2) is 0 Å². The van der Waals surface area contributed by atoms with Gasteiger partial charge in [-0.2, -0.15) is 0 Å².